The quantitative estimate of drug-likeness (QED) is 0.779. The van der Waals surface area contributed by atoms with E-state index in [4.69, 9.17) is 0 Å². The van der Waals surface area contributed by atoms with Gasteiger partial charge in [-0.25, -0.2) is 0 Å². The van der Waals surface area contributed by atoms with Gasteiger partial charge in [-0.3, -0.25) is 9.69 Å². The molecule has 1 aliphatic rings. The number of aliphatic hydroxyl groups is 2. The van der Waals surface area contributed by atoms with Crippen molar-refractivity contribution in [2.24, 2.45) is 0 Å². The van der Waals surface area contributed by atoms with E-state index in [1.807, 2.05) is 0 Å². The first-order chi connectivity index (χ1) is 10.2. The number of carbonyl (C=O) groups is 1. The Bertz CT molecular complexity index is 540. The number of anilines is 1. The lowest BCUT2D eigenvalue weighted by Gasteiger charge is -2.23. The fourth-order valence-electron chi connectivity index (χ4n) is 2.36. The smallest absolute Gasteiger partial charge is 0.389 e. The van der Waals surface area contributed by atoms with Crippen LogP contribution in [-0.2, 0) is 11.0 Å². The molecule has 122 valence electrons. The van der Waals surface area contributed by atoms with Gasteiger partial charge in [0, 0.05) is 13.1 Å². The number of hydrogen-bond acceptors (Lipinski definition) is 4. The lowest BCUT2D eigenvalue weighted by atomic mass is 10.1. The third-order valence-electron chi connectivity index (χ3n) is 3.70. The van der Waals surface area contributed by atoms with Crippen LogP contribution < -0.4 is 5.32 Å². The van der Waals surface area contributed by atoms with Crippen LogP contribution in [0.5, 0.6) is 0 Å². The van der Waals surface area contributed by atoms with E-state index in [-0.39, 0.29) is 18.8 Å². The van der Waals surface area contributed by atoms with Crippen molar-refractivity contribution in [2.75, 3.05) is 18.4 Å². The Hall–Kier alpha value is -1.64. The number of halogens is 3. The van der Waals surface area contributed by atoms with E-state index >= 15 is 0 Å². The van der Waals surface area contributed by atoms with Crippen LogP contribution in [0, 0.1) is 0 Å². The number of alkyl halides is 3. The minimum Gasteiger partial charge on any atom is -0.389 e. The summed E-state index contributed by atoms with van der Waals surface area (Å²) in [6, 6.07) is 3.95. The van der Waals surface area contributed by atoms with E-state index in [0.717, 1.165) is 6.07 Å². The fourth-order valence-corrected chi connectivity index (χ4v) is 2.36. The summed E-state index contributed by atoms with van der Waals surface area (Å²) in [7, 11) is 0. The van der Waals surface area contributed by atoms with Crippen LogP contribution in [0.2, 0.25) is 0 Å². The molecule has 5 nitrogen and oxygen atoms in total. The summed E-state index contributed by atoms with van der Waals surface area (Å²) in [6.45, 7) is 1.70. The van der Waals surface area contributed by atoms with Crippen molar-refractivity contribution in [1.82, 2.24) is 4.90 Å². The predicted molar refractivity (Wildman–Crippen MR) is 73.1 cm³/mol. The van der Waals surface area contributed by atoms with Crippen LogP contribution in [0.3, 0.4) is 0 Å². The van der Waals surface area contributed by atoms with Gasteiger partial charge in [-0.1, -0.05) is 12.1 Å². The SMILES string of the molecule is C[C@H](C(=O)Nc1ccccc1C(F)(F)F)N1C[C@@H](O)[C@@H](O)C1. The normalized spacial score (nSPS) is 24.3. The molecule has 3 atom stereocenters. The van der Waals surface area contributed by atoms with Crippen molar-refractivity contribution in [3.63, 3.8) is 0 Å². The van der Waals surface area contributed by atoms with Crippen LogP contribution in [0.25, 0.3) is 0 Å². The molecule has 0 unspecified atom stereocenters. The number of β-amino-alcohol motifs (C(OH)–C–C–N with tert-alkyl or cyclic N) is 2. The van der Waals surface area contributed by atoms with Crippen LogP contribution >= 0.6 is 0 Å². The van der Waals surface area contributed by atoms with Crippen molar-refractivity contribution < 1.29 is 28.2 Å². The summed E-state index contributed by atoms with van der Waals surface area (Å²) >= 11 is 0. The summed E-state index contributed by atoms with van der Waals surface area (Å²) in [4.78, 5) is 13.6. The van der Waals surface area contributed by atoms with Gasteiger partial charge in [-0.2, -0.15) is 13.2 Å². The number of nitrogens with zero attached hydrogens (tertiary/aromatic N) is 1. The van der Waals surface area contributed by atoms with Gasteiger partial charge in [0.25, 0.3) is 0 Å². The number of aliphatic hydroxyl groups excluding tert-OH is 2. The Morgan fingerprint density at radius 3 is 2.36 bits per heavy atom. The van der Waals surface area contributed by atoms with Crippen molar-refractivity contribution in [3.8, 4) is 0 Å². The summed E-state index contributed by atoms with van der Waals surface area (Å²) in [5.74, 6) is -0.627. The summed E-state index contributed by atoms with van der Waals surface area (Å²) in [5.41, 5.74) is -1.23. The Kier molecular flexibility index (Phi) is 4.74. The second-order valence-electron chi connectivity index (χ2n) is 5.30. The third kappa shape index (κ3) is 3.57. The van der Waals surface area contributed by atoms with Crippen molar-refractivity contribution in [3.05, 3.63) is 29.8 Å². The third-order valence-corrected chi connectivity index (χ3v) is 3.70. The van der Waals surface area contributed by atoms with Crippen LogP contribution in [0.15, 0.2) is 24.3 Å². The second kappa shape index (κ2) is 6.23. The van der Waals surface area contributed by atoms with Gasteiger partial charge < -0.3 is 15.5 Å². The lowest BCUT2D eigenvalue weighted by molar-refractivity contribution is -0.137. The van der Waals surface area contributed by atoms with Crippen molar-refractivity contribution in [1.29, 1.82) is 0 Å². The number of nitrogens with one attached hydrogen (secondary N) is 1. The van der Waals surface area contributed by atoms with E-state index in [1.54, 1.807) is 0 Å². The largest absolute Gasteiger partial charge is 0.418 e. The number of para-hydroxylation sites is 1. The second-order valence-corrected chi connectivity index (χ2v) is 5.30. The molecule has 8 heteroatoms. The fraction of sp³-hybridized carbons (Fsp3) is 0.500. The molecule has 1 amide bonds. The topological polar surface area (TPSA) is 72.8 Å². The summed E-state index contributed by atoms with van der Waals surface area (Å²) in [6.07, 6.45) is -6.48. The Morgan fingerprint density at radius 1 is 1.27 bits per heavy atom. The minimum absolute atomic E-state index is 0.0939. The highest BCUT2D eigenvalue weighted by atomic mass is 19.4. The van der Waals surface area contributed by atoms with Gasteiger partial charge in [0.2, 0.25) is 5.91 Å². The molecular weight excluding hydrogens is 301 g/mol. The maximum absolute atomic E-state index is 12.9. The molecule has 0 aliphatic carbocycles. The van der Waals surface area contributed by atoms with Crippen molar-refractivity contribution in [2.45, 2.75) is 31.3 Å². The zero-order chi connectivity index (χ0) is 16.5. The summed E-state index contributed by atoms with van der Waals surface area (Å²) < 4.78 is 38.6. The van der Waals surface area contributed by atoms with Gasteiger partial charge in [0.05, 0.1) is 29.5 Å². The Morgan fingerprint density at radius 2 is 1.82 bits per heavy atom. The molecule has 1 aliphatic heterocycles. The first kappa shape index (κ1) is 16.7. The van der Waals surface area contributed by atoms with E-state index in [9.17, 15) is 28.2 Å². The molecule has 0 spiro atoms. The molecule has 0 radical (unpaired) electrons. The van der Waals surface area contributed by atoms with Crippen LogP contribution in [-0.4, -0.2) is 52.4 Å². The molecule has 2 rings (SSSR count). The van der Waals surface area contributed by atoms with Gasteiger partial charge >= 0.3 is 6.18 Å². The lowest BCUT2D eigenvalue weighted by Crippen LogP contribution is -2.41. The molecule has 1 aromatic rings. The van der Waals surface area contributed by atoms with Gasteiger partial charge in [0.15, 0.2) is 0 Å². The number of benzene rings is 1. The molecule has 0 saturated carbocycles. The monoisotopic (exact) mass is 318 g/mol. The molecular formula is C14H17F3N2O3. The Balaban J connectivity index is 2.10. The molecule has 1 saturated heterocycles. The predicted octanol–water partition coefficient (Wildman–Crippen LogP) is 1.07. The molecule has 1 aromatic carbocycles. The van der Waals surface area contributed by atoms with Crippen molar-refractivity contribution >= 4 is 11.6 Å². The van der Waals surface area contributed by atoms with Gasteiger partial charge in [-0.15, -0.1) is 0 Å². The molecule has 3 N–H and O–H groups in total. The number of carbonyl (C=O) groups excluding carboxylic acids is 1. The average molecular weight is 318 g/mol. The van der Waals surface area contributed by atoms with E-state index in [0.29, 0.717) is 0 Å². The van der Waals surface area contributed by atoms with Gasteiger partial charge in [0.1, 0.15) is 0 Å². The van der Waals surface area contributed by atoms with E-state index in [1.165, 1.54) is 30.0 Å². The number of likely N-dealkylation sites (tertiary alicyclic amines) is 1. The molecule has 1 fully saturated rings. The van der Waals surface area contributed by atoms with Crippen LogP contribution in [0.4, 0.5) is 18.9 Å². The van der Waals surface area contributed by atoms with E-state index in [2.05, 4.69) is 5.32 Å². The first-order valence-electron chi connectivity index (χ1n) is 6.77. The number of rotatable bonds is 3. The average Bonchev–Trinajstić information content (AvgIpc) is 2.77. The molecule has 0 aromatic heterocycles. The molecule has 1 heterocycles. The maximum atomic E-state index is 12.9. The molecule has 22 heavy (non-hydrogen) atoms. The number of hydrogen-bond donors (Lipinski definition) is 3. The highest BCUT2D eigenvalue weighted by Gasteiger charge is 2.36. The highest BCUT2D eigenvalue weighted by molar-refractivity contribution is 5.95. The first-order valence-corrected chi connectivity index (χ1v) is 6.77. The highest BCUT2D eigenvalue weighted by Crippen LogP contribution is 2.34. The van der Waals surface area contributed by atoms with E-state index < -0.39 is 35.9 Å². The van der Waals surface area contributed by atoms with Gasteiger partial charge in [-0.05, 0) is 19.1 Å². The summed E-state index contributed by atoms with van der Waals surface area (Å²) in [5, 5.41) is 21.2. The maximum Gasteiger partial charge on any atom is 0.418 e. The van der Waals surface area contributed by atoms with Crippen LogP contribution in [0.1, 0.15) is 12.5 Å². The Labute approximate surface area is 125 Å². The minimum atomic E-state index is -4.56. The zero-order valence-corrected chi connectivity index (χ0v) is 11.8. The number of amides is 1. The standard InChI is InChI=1S/C14H17F3N2O3/c1-8(19-6-11(20)12(21)7-19)13(22)18-10-5-3-2-4-9(10)14(15,16)17/h2-5,8,11-12,20-21H,6-7H2,1H3,(H,18,22)/t8-,11-,12+/m1/s1. The zero-order valence-electron chi connectivity index (χ0n) is 11.8. The molecule has 0 bridgehead atoms.